The van der Waals surface area contributed by atoms with E-state index in [-0.39, 0.29) is 18.1 Å². The molecule has 162 valence electrons. The molecule has 0 radical (unpaired) electrons. The Hall–Kier alpha value is -1.84. The largest absolute Gasteiger partial charge is 0.377 e. The molecule has 3 aromatic rings. The van der Waals surface area contributed by atoms with Crippen LogP contribution in [0, 0.1) is 0 Å². The van der Waals surface area contributed by atoms with Gasteiger partial charge in [0, 0.05) is 35.9 Å². The molecule has 1 saturated heterocycles. The predicted molar refractivity (Wildman–Crippen MR) is 128 cm³/mol. The molecule has 0 bridgehead atoms. The second-order valence-corrected chi connectivity index (χ2v) is 10.8. The minimum absolute atomic E-state index is 0.0177. The third-order valence-electron chi connectivity index (χ3n) is 5.65. The van der Waals surface area contributed by atoms with E-state index >= 15 is 0 Å². The summed E-state index contributed by atoms with van der Waals surface area (Å²) in [5.74, 6) is 0.0551. The molecule has 5 heterocycles. The van der Waals surface area contributed by atoms with Gasteiger partial charge in [-0.3, -0.25) is 9.69 Å². The van der Waals surface area contributed by atoms with Gasteiger partial charge in [-0.15, -0.1) is 34.0 Å². The van der Waals surface area contributed by atoms with E-state index in [1.165, 1.54) is 9.75 Å². The van der Waals surface area contributed by atoms with Crippen LogP contribution in [0.2, 0.25) is 0 Å². The van der Waals surface area contributed by atoms with Gasteiger partial charge in [-0.05, 0) is 47.2 Å². The van der Waals surface area contributed by atoms with Crippen LogP contribution in [0.15, 0.2) is 57.6 Å². The summed E-state index contributed by atoms with van der Waals surface area (Å²) < 4.78 is 5.87. The minimum atomic E-state index is -0.0177. The first-order valence-corrected chi connectivity index (χ1v) is 13.2. The van der Waals surface area contributed by atoms with Crippen molar-refractivity contribution < 1.29 is 9.53 Å². The van der Waals surface area contributed by atoms with Crippen molar-refractivity contribution in [3.63, 3.8) is 0 Å². The zero-order chi connectivity index (χ0) is 21.0. The number of carbonyl (C=O) groups is 1. The summed E-state index contributed by atoms with van der Waals surface area (Å²) in [6.45, 7) is 2.72. The van der Waals surface area contributed by atoms with E-state index in [0.717, 1.165) is 49.5 Å². The number of rotatable bonds is 8. The quantitative estimate of drug-likeness (QED) is 0.452. The maximum absolute atomic E-state index is 13.5. The van der Waals surface area contributed by atoms with Crippen LogP contribution in [-0.2, 0) is 16.1 Å². The smallest absolute Gasteiger partial charge is 0.257 e. The van der Waals surface area contributed by atoms with E-state index in [1.807, 2.05) is 12.1 Å². The Kier molecular flexibility index (Phi) is 6.61. The van der Waals surface area contributed by atoms with E-state index in [2.05, 4.69) is 45.3 Å². The van der Waals surface area contributed by atoms with Crippen molar-refractivity contribution >= 4 is 45.6 Å². The van der Waals surface area contributed by atoms with Gasteiger partial charge in [0.1, 0.15) is 0 Å². The summed E-state index contributed by atoms with van der Waals surface area (Å²) in [7, 11) is 0. The van der Waals surface area contributed by atoms with Gasteiger partial charge in [0.15, 0.2) is 0 Å². The lowest BCUT2D eigenvalue weighted by molar-refractivity contribution is -0.134. The predicted octanol–water partition coefficient (Wildman–Crippen LogP) is 5.23. The van der Waals surface area contributed by atoms with Crippen LogP contribution in [0.1, 0.15) is 39.9 Å². The molecular formula is C23H25N3O2S3. The fraction of sp³-hybridized carbons (Fsp3) is 0.391. The zero-order valence-corrected chi connectivity index (χ0v) is 19.6. The molecular weight excluding hydrogens is 446 g/mol. The molecule has 0 N–H and O–H groups in total. The highest BCUT2D eigenvalue weighted by Gasteiger charge is 2.35. The SMILES string of the molecule is O=C(CN(Cc1cccs1)CC1CCCO1)N1N=C(c2cccs2)CC1c1cccs1. The van der Waals surface area contributed by atoms with Gasteiger partial charge in [-0.2, -0.15) is 5.10 Å². The normalized spacial score (nSPS) is 21.2. The van der Waals surface area contributed by atoms with Crippen molar-refractivity contribution in [2.75, 3.05) is 19.7 Å². The molecule has 0 spiro atoms. The molecule has 2 atom stereocenters. The van der Waals surface area contributed by atoms with E-state index in [0.29, 0.717) is 6.54 Å². The third-order valence-corrected chi connectivity index (χ3v) is 8.40. The number of carbonyl (C=O) groups excluding carboxylic acids is 1. The molecule has 0 saturated carbocycles. The lowest BCUT2D eigenvalue weighted by atomic mass is 10.1. The minimum Gasteiger partial charge on any atom is -0.377 e. The van der Waals surface area contributed by atoms with Crippen LogP contribution in [0.5, 0.6) is 0 Å². The van der Waals surface area contributed by atoms with Gasteiger partial charge in [0.25, 0.3) is 5.91 Å². The Morgan fingerprint density at radius 1 is 1.13 bits per heavy atom. The number of nitrogens with zero attached hydrogens (tertiary/aromatic N) is 3. The average Bonchev–Trinajstić information content (AvgIpc) is 3.59. The van der Waals surface area contributed by atoms with Crippen LogP contribution < -0.4 is 0 Å². The summed E-state index contributed by atoms with van der Waals surface area (Å²) in [6.07, 6.45) is 3.15. The summed E-state index contributed by atoms with van der Waals surface area (Å²) in [5.41, 5.74) is 1.01. The first-order valence-electron chi connectivity index (χ1n) is 10.6. The number of ether oxygens (including phenoxy) is 1. The number of thiophene rings is 3. The molecule has 0 aliphatic carbocycles. The fourth-order valence-electron chi connectivity index (χ4n) is 4.18. The van der Waals surface area contributed by atoms with Crippen LogP contribution >= 0.6 is 34.0 Å². The Balaban J connectivity index is 1.35. The molecule has 2 aliphatic heterocycles. The van der Waals surface area contributed by atoms with E-state index < -0.39 is 0 Å². The van der Waals surface area contributed by atoms with Gasteiger partial charge in [-0.25, -0.2) is 5.01 Å². The first-order chi connectivity index (χ1) is 15.3. The highest BCUT2D eigenvalue weighted by molar-refractivity contribution is 7.12. The maximum atomic E-state index is 13.5. The molecule has 31 heavy (non-hydrogen) atoms. The van der Waals surface area contributed by atoms with Crippen LogP contribution in [0.4, 0.5) is 0 Å². The molecule has 0 aromatic carbocycles. The van der Waals surface area contributed by atoms with Crippen LogP contribution in [0.25, 0.3) is 0 Å². The van der Waals surface area contributed by atoms with E-state index in [1.54, 1.807) is 39.0 Å². The summed E-state index contributed by atoms with van der Waals surface area (Å²) in [5, 5.41) is 12.8. The number of hydrogen-bond acceptors (Lipinski definition) is 7. The first kappa shape index (κ1) is 21.0. The third kappa shape index (κ3) is 4.99. The number of hydrogen-bond donors (Lipinski definition) is 0. The van der Waals surface area contributed by atoms with Crippen molar-refractivity contribution in [3.05, 3.63) is 67.2 Å². The van der Waals surface area contributed by atoms with Gasteiger partial charge in [0.2, 0.25) is 0 Å². The molecule has 5 nitrogen and oxygen atoms in total. The molecule has 1 fully saturated rings. The maximum Gasteiger partial charge on any atom is 0.257 e. The Bertz CT molecular complexity index is 993. The Morgan fingerprint density at radius 3 is 2.68 bits per heavy atom. The molecule has 1 amide bonds. The second kappa shape index (κ2) is 9.75. The van der Waals surface area contributed by atoms with Gasteiger partial charge >= 0.3 is 0 Å². The molecule has 2 unspecified atom stereocenters. The topological polar surface area (TPSA) is 45.1 Å². The average molecular weight is 472 g/mol. The summed E-state index contributed by atoms with van der Waals surface area (Å²) in [6, 6.07) is 12.5. The molecule has 8 heteroatoms. The highest BCUT2D eigenvalue weighted by Crippen LogP contribution is 2.36. The van der Waals surface area contributed by atoms with Crippen molar-refractivity contribution in [2.45, 2.75) is 38.0 Å². The summed E-state index contributed by atoms with van der Waals surface area (Å²) in [4.78, 5) is 19.4. The number of hydrazone groups is 1. The van der Waals surface area contributed by atoms with Gasteiger partial charge < -0.3 is 4.74 Å². The van der Waals surface area contributed by atoms with Gasteiger partial charge in [0.05, 0.1) is 29.3 Å². The fourth-order valence-corrected chi connectivity index (χ4v) is 6.46. The monoisotopic (exact) mass is 471 g/mol. The molecule has 2 aliphatic rings. The van der Waals surface area contributed by atoms with Crippen molar-refractivity contribution in [1.29, 1.82) is 0 Å². The highest BCUT2D eigenvalue weighted by atomic mass is 32.1. The van der Waals surface area contributed by atoms with Gasteiger partial charge in [-0.1, -0.05) is 18.2 Å². The lowest BCUT2D eigenvalue weighted by Crippen LogP contribution is -2.40. The molecule has 3 aromatic heterocycles. The van der Waals surface area contributed by atoms with E-state index in [4.69, 9.17) is 9.84 Å². The van der Waals surface area contributed by atoms with Crippen molar-refractivity contribution in [1.82, 2.24) is 9.91 Å². The standard InChI is InChI=1S/C23H25N3O2S3/c27-23(16-25(14-17-5-1-9-28-17)15-18-6-2-10-29-18)26-20(22-8-4-12-31-22)13-19(24-26)21-7-3-11-30-21/h2-4,6-8,10-12,17,20H,1,5,9,13-16H2. The van der Waals surface area contributed by atoms with Crippen molar-refractivity contribution in [2.24, 2.45) is 5.10 Å². The second-order valence-electron chi connectivity index (χ2n) is 7.88. The van der Waals surface area contributed by atoms with Crippen LogP contribution in [0.3, 0.4) is 0 Å². The molecule has 5 rings (SSSR count). The Labute approximate surface area is 194 Å². The summed E-state index contributed by atoms with van der Waals surface area (Å²) >= 11 is 5.11. The zero-order valence-electron chi connectivity index (χ0n) is 17.2. The Morgan fingerprint density at radius 2 is 1.97 bits per heavy atom. The number of amides is 1. The lowest BCUT2D eigenvalue weighted by Gasteiger charge is -2.27. The van der Waals surface area contributed by atoms with E-state index in [9.17, 15) is 4.79 Å². The van der Waals surface area contributed by atoms with Crippen molar-refractivity contribution in [3.8, 4) is 0 Å². The van der Waals surface area contributed by atoms with Crippen LogP contribution in [-0.4, -0.2) is 47.3 Å².